The molecular formula is C19H22N2S. The third kappa shape index (κ3) is 4.01. The Morgan fingerprint density at radius 2 is 1.77 bits per heavy atom. The Bertz CT molecular complexity index is 689. The van der Waals surface area contributed by atoms with E-state index in [1.165, 1.54) is 0 Å². The lowest BCUT2D eigenvalue weighted by Crippen LogP contribution is -1.89. The van der Waals surface area contributed by atoms with E-state index >= 15 is 0 Å². The van der Waals surface area contributed by atoms with Crippen LogP contribution < -0.4 is 0 Å². The summed E-state index contributed by atoms with van der Waals surface area (Å²) in [5.41, 5.74) is 4.51. The van der Waals surface area contributed by atoms with Crippen LogP contribution >= 0.6 is 11.3 Å². The monoisotopic (exact) mass is 310 g/mol. The molecule has 0 aliphatic rings. The largest absolute Gasteiger partial charge is 0.261 e. The molecule has 0 unspecified atom stereocenters. The third-order valence-corrected chi connectivity index (χ3v) is 4.03. The Hall–Kier alpha value is -2.00. The molecule has 0 saturated heterocycles. The van der Waals surface area contributed by atoms with Gasteiger partial charge < -0.3 is 0 Å². The number of aryl methyl sites for hydroxylation is 1. The highest BCUT2D eigenvalue weighted by molar-refractivity contribution is 7.13. The third-order valence-electron chi connectivity index (χ3n) is 3.14. The minimum atomic E-state index is 1.02. The SMILES string of the molecule is CC.CCCc1cc(-c2nc(-c3ccccc3)cs2)ccn1. The van der Waals surface area contributed by atoms with Crippen molar-refractivity contribution in [1.82, 2.24) is 9.97 Å². The first-order chi connectivity index (χ1) is 10.9. The number of pyridine rings is 1. The molecule has 0 aliphatic heterocycles. The van der Waals surface area contributed by atoms with E-state index in [-0.39, 0.29) is 0 Å². The van der Waals surface area contributed by atoms with Crippen LogP contribution in [0.4, 0.5) is 0 Å². The van der Waals surface area contributed by atoms with Crippen LogP contribution in [0.1, 0.15) is 32.9 Å². The molecule has 22 heavy (non-hydrogen) atoms. The van der Waals surface area contributed by atoms with Crippen molar-refractivity contribution >= 4 is 11.3 Å². The first-order valence-corrected chi connectivity index (χ1v) is 8.71. The van der Waals surface area contributed by atoms with E-state index in [0.29, 0.717) is 0 Å². The molecule has 0 atom stereocenters. The maximum absolute atomic E-state index is 4.74. The highest BCUT2D eigenvalue weighted by atomic mass is 32.1. The van der Waals surface area contributed by atoms with E-state index in [1.54, 1.807) is 11.3 Å². The van der Waals surface area contributed by atoms with Crippen LogP contribution in [-0.2, 0) is 6.42 Å². The molecule has 114 valence electrons. The number of benzene rings is 1. The average Bonchev–Trinajstić information content (AvgIpc) is 3.08. The van der Waals surface area contributed by atoms with Crippen molar-refractivity contribution in [3.05, 3.63) is 59.7 Å². The molecule has 0 radical (unpaired) electrons. The van der Waals surface area contributed by atoms with E-state index in [1.807, 2.05) is 44.3 Å². The minimum absolute atomic E-state index is 1.02. The van der Waals surface area contributed by atoms with Crippen LogP contribution in [0.25, 0.3) is 21.8 Å². The predicted octanol–water partition coefficient (Wildman–Crippen LogP) is 5.85. The van der Waals surface area contributed by atoms with Crippen molar-refractivity contribution in [3.8, 4) is 21.8 Å². The Balaban J connectivity index is 0.000000847. The summed E-state index contributed by atoms with van der Waals surface area (Å²) >= 11 is 1.69. The molecule has 2 aromatic heterocycles. The fraction of sp³-hybridized carbons (Fsp3) is 0.263. The fourth-order valence-electron chi connectivity index (χ4n) is 2.15. The maximum Gasteiger partial charge on any atom is 0.124 e. The van der Waals surface area contributed by atoms with Crippen molar-refractivity contribution in [2.75, 3.05) is 0 Å². The fourth-order valence-corrected chi connectivity index (χ4v) is 2.98. The van der Waals surface area contributed by atoms with E-state index < -0.39 is 0 Å². The van der Waals surface area contributed by atoms with Crippen molar-refractivity contribution in [3.63, 3.8) is 0 Å². The highest BCUT2D eigenvalue weighted by Crippen LogP contribution is 2.28. The summed E-state index contributed by atoms with van der Waals surface area (Å²) in [4.78, 5) is 9.14. The lowest BCUT2D eigenvalue weighted by atomic mass is 10.1. The zero-order chi connectivity index (χ0) is 15.8. The van der Waals surface area contributed by atoms with Gasteiger partial charge in [-0.3, -0.25) is 4.98 Å². The van der Waals surface area contributed by atoms with Gasteiger partial charge in [-0.25, -0.2) is 4.98 Å². The molecule has 0 spiro atoms. The van der Waals surface area contributed by atoms with E-state index in [0.717, 1.165) is 40.4 Å². The lowest BCUT2D eigenvalue weighted by Gasteiger charge is -2.00. The molecule has 0 aliphatic carbocycles. The maximum atomic E-state index is 4.74. The number of hydrogen-bond donors (Lipinski definition) is 0. The summed E-state index contributed by atoms with van der Waals surface area (Å²) in [5.74, 6) is 0. The van der Waals surface area contributed by atoms with Gasteiger partial charge in [0.1, 0.15) is 5.01 Å². The summed E-state index contributed by atoms with van der Waals surface area (Å²) in [6.45, 7) is 6.17. The van der Waals surface area contributed by atoms with Gasteiger partial charge in [0.05, 0.1) is 5.69 Å². The second-order valence-corrected chi connectivity index (χ2v) is 5.55. The van der Waals surface area contributed by atoms with Crippen LogP contribution in [0.15, 0.2) is 54.0 Å². The van der Waals surface area contributed by atoms with Gasteiger partial charge in [0.15, 0.2) is 0 Å². The summed E-state index contributed by atoms with van der Waals surface area (Å²) < 4.78 is 0. The molecule has 2 heterocycles. The second kappa shape index (κ2) is 8.44. The van der Waals surface area contributed by atoms with Crippen molar-refractivity contribution in [2.24, 2.45) is 0 Å². The van der Waals surface area contributed by atoms with Gasteiger partial charge in [-0.1, -0.05) is 57.5 Å². The molecule has 3 aromatic rings. The number of rotatable bonds is 4. The summed E-state index contributed by atoms with van der Waals surface area (Å²) in [6, 6.07) is 14.5. The Labute approximate surface area is 136 Å². The van der Waals surface area contributed by atoms with E-state index in [4.69, 9.17) is 4.98 Å². The van der Waals surface area contributed by atoms with Crippen molar-refractivity contribution in [1.29, 1.82) is 0 Å². The molecule has 0 saturated carbocycles. The van der Waals surface area contributed by atoms with Crippen molar-refractivity contribution < 1.29 is 0 Å². The topological polar surface area (TPSA) is 25.8 Å². The molecule has 3 heteroatoms. The van der Waals surface area contributed by atoms with E-state index in [9.17, 15) is 0 Å². The van der Waals surface area contributed by atoms with Crippen LogP contribution in [0.5, 0.6) is 0 Å². The van der Waals surface area contributed by atoms with Gasteiger partial charge in [-0.2, -0.15) is 0 Å². The highest BCUT2D eigenvalue weighted by Gasteiger charge is 2.07. The Morgan fingerprint density at radius 1 is 1.00 bits per heavy atom. The first-order valence-electron chi connectivity index (χ1n) is 7.83. The zero-order valence-electron chi connectivity index (χ0n) is 13.4. The first kappa shape index (κ1) is 16.4. The molecular weight excluding hydrogens is 288 g/mol. The van der Waals surface area contributed by atoms with Gasteiger partial charge in [0.2, 0.25) is 0 Å². The lowest BCUT2D eigenvalue weighted by molar-refractivity contribution is 0.883. The molecule has 0 bridgehead atoms. The zero-order valence-corrected chi connectivity index (χ0v) is 14.2. The van der Waals surface area contributed by atoms with Gasteiger partial charge in [-0.05, 0) is 18.6 Å². The van der Waals surface area contributed by atoms with Crippen molar-refractivity contribution in [2.45, 2.75) is 33.6 Å². The molecule has 0 amide bonds. The number of nitrogens with zero attached hydrogens (tertiary/aromatic N) is 2. The summed E-state index contributed by atoms with van der Waals surface area (Å²) in [5, 5.41) is 3.17. The second-order valence-electron chi connectivity index (χ2n) is 4.69. The molecule has 0 fully saturated rings. The van der Waals surface area contributed by atoms with E-state index in [2.05, 4.69) is 35.5 Å². The van der Waals surface area contributed by atoms with Crippen LogP contribution in [0.2, 0.25) is 0 Å². The number of hydrogen-bond acceptors (Lipinski definition) is 3. The van der Waals surface area contributed by atoms with Crippen LogP contribution in [-0.4, -0.2) is 9.97 Å². The predicted molar refractivity (Wildman–Crippen MR) is 96.1 cm³/mol. The molecule has 1 aromatic carbocycles. The summed E-state index contributed by atoms with van der Waals surface area (Å²) in [6.07, 6.45) is 4.01. The molecule has 2 nitrogen and oxygen atoms in total. The number of aromatic nitrogens is 2. The van der Waals surface area contributed by atoms with Gasteiger partial charge >= 0.3 is 0 Å². The standard InChI is InChI=1S/C17H16N2S.C2H6/c1-2-6-15-11-14(9-10-18-15)17-19-16(12-20-17)13-7-4-3-5-8-13;1-2/h3-5,7-12H,2,6H2,1H3;1-2H3. The molecule has 3 rings (SSSR count). The quantitative estimate of drug-likeness (QED) is 0.604. The normalized spacial score (nSPS) is 9.95. The Kier molecular flexibility index (Phi) is 6.28. The van der Waals surface area contributed by atoms with Crippen LogP contribution in [0.3, 0.4) is 0 Å². The number of thiazole rings is 1. The average molecular weight is 310 g/mol. The van der Waals surface area contributed by atoms with Gasteiger partial charge in [0.25, 0.3) is 0 Å². The Morgan fingerprint density at radius 3 is 2.50 bits per heavy atom. The summed E-state index contributed by atoms with van der Waals surface area (Å²) in [7, 11) is 0. The smallest absolute Gasteiger partial charge is 0.124 e. The van der Waals surface area contributed by atoms with Crippen LogP contribution in [0, 0.1) is 0 Å². The minimum Gasteiger partial charge on any atom is -0.261 e. The van der Waals surface area contributed by atoms with Gasteiger partial charge in [-0.15, -0.1) is 11.3 Å². The van der Waals surface area contributed by atoms with Gasteiger partial charge in [0, 0.05) is 28.4 Å². The molecule has 0 N–H and O–H groups in total.